The van der Waals surface area contributed by atoms with Crippen LogP contribution in [0.25, 0.3) is 0 Å². The highest BCUT2D eigenvalue weighted by molar-refractivity contribution is 5.74. The summed E-state index contributed by atoms with van der Waals surface area (Å²) in [6.07, 6.45) is 0.521. The summed E-state index contributed by atoms with van der Waals surface area (Å²) in [6, 6.07) is 14.9. The van der Waals surface area contributed by atoms with Crippen molar-refractivity contribution in [2.45, 2.75) is 12.5 Å². The lowest BCUT2D eigenvalue weighted by Crippen LogP contribution is -2.39. The molecule has 5 heteroatoms. The number of urea groups is 1. The first-order valence-electron chi connectivity index (χ1n) is 7.09. The topological polar surface area (TPSA) is 41.1 Å². The molecular weight excluding hydrogens is 286 g/mol. The van der Waals surface area contributed by atoms with E-state index in [9.17, 15) is 13.6 Å². The second-order valence-corrected chi connectivity index (χ2v) is 4.88. The minimum absolute atomic E-state index is 0.0239. The SMILES string of the molecule is O=C(NCCF)NC(Cc1ccc(F)cc1)c1ccccc1. The summed E-state index contributed by atoms with van der Waals surface area (Å²) in [5.41, 5.74) is 1.84. The monoisotopic (exact) mass is 304 g/mol. The number of carbonyl (C=O) groups excluding carboxylic acids is 1. The van der Waals surface area contributed by atoms with Crippen LogP contribution in [0.2, 0.25) is 0 Å². The van der Waals surface area contributed by atoms with E-state index in [1.165, 1.54) is 12.1 Å². The number of rotatable bonds is 6. The van der Waals surface area contributed by atoms with Gasteiger partial charge in [-0.15, -0.1) is 0 Å². The number of benzene rings is 2. The number of halogens is 2. The predicted molar refractivity (Wildman–Crippen MR) is 81.8 cm³/mol. The molecule has 2 aromatic carbocycles. The number of carbonyl (C=O) groups is 1. The van der Waals surface area contributed by atoms with Gasteiger partial charge in [-0.05, 0) is 29.7 Å². The van der Waals surface area contributed by atoms with Crippen LogP contribution in [0.5, 0.6) is 0 Å². The van der Waals surface area contributed by atoms with E-state index in [4.69, 9.17) is 0 Å². The van der Waals surface area contributed by atoms with E-state index in [1.54, 1.807) is 12.1 Å². The van der Waals surface area contributed by atoms with Gasteiger partial charge in [0.15, 0.2) is 0 Å². The maximum absolute atomic E-state index is 13.0. The highest BCUT2D eigenvalue weighted by atomic mass is 19.1. The largest absolute Gasteiger partial charge is 0.336 e. The van der Waals surface area contributed by atoms with E-state index in [0.29, 0.717) is 6.42 Å². The standard InChI is InChI=1S/C17H18F2N2O/c18-10-11-20-17(22)21-16(14-4-2-1-3-5-14)12-13-6-8-15(19)9-7-13/h1-9,16H,10-12H2,(H2,20,21,22). The Kier molecular flexibility index (Phi) is 5.89. The zero-order valence-corrected chi connectivity index (χ0v) is 12.1. The molecule has 0 heterocycles. The molecule has 0 radical (unpaired) electrons. The number of amides is 2. The fourth-order valence-electron chi connectivity index (χ4n) is 2.16. The maximum atomic E-state index is 13.0. The highest BCUT2D eigenvalue weighted by Gasteiger charge is 2.15. The Balaban J connectivity index is 2.11. The lowest BCUT2D eigenvalue weighted by Gasteiger charge is -2.19. The van der Waals surface area contributed by atoms with E-state index < -0.39 is 12.7 Å². The van der Waals surface area contributed by atoms with E-state index in [2.05, 4.69) is 10.6 Å². The van der Waals surface area contributed by atoms with E-state index in [0.717, 1.165) is 11.1 Å². The molecule has 2 amide bonds. The molecule has 2 aromatic rings. The lowest BCUT2D eigenvalue weighted by molar-refractivity contribution is 0.236. The minimum Gasteiger partial charge on any atom is -0.336 e. The van der Waals surface area contributed by atoms with Gasteiger partial charge in [0, 0.05) is 6.54 Å². The molecule has 0 saturated heterocycles. The fourth-order valence-corrected chi connectivity index (χ4v) is 2.16. The first-order chi connectivity index (χ1) is 10.7. The van der Waals surface area contributed by atoms with Crippen LogP contribution in [0.15, 0.2) is 54.6 Å². The molecule has 0 fully saturated rings. The first-order valence-corrected chi connectivity index (χ1v) is 7.09. The average Bonchev–Trinajstić information content (AvgIpc) is 2.55. The van der Waals surface area contributed by atoms with Crippen molar-refractivity contribution in [3.63, 3.8) is 0 Å². The Morgan fingerprint density at radius 2 is 1.73 bits per heavy atom. The second kappa shape index (κ2) is 8.12. The van der Waals surface area contributed by atoms with E-state index in [-0.39, 0.29) is 18.4 Å². The number of hydrogen-bond acceptors (Lipinski definition) is 1. The van der Waals surface area contributed by atoms with Crippen molar-refractivity contribution in [1.29, 1.82) is 0 Å². The quantitative estimate of drug-likeness (QED) is 0.844. The van der Waals surface area contributed by atoms with Crippen LogP contribution >= 0.6 is 0 Å². The molecule has 2 rings (SSSR count). The molecule has 116 valence electrons. The molecule has 0 aliphatic heterocycles. The molecule has 1 unspecified atom stereocenters. The van der Waals surface area contributed by atoms with Crippen LogP contribution in [0.1, 0.15) is 17.2 Å². The number of hydrogen-bond donors (Lipinski definition) is 2. The Hall–Kier alpha value is -2.43. The van der Waals surface area contributed by atoms with Gasteiger partial charge in [0.25, 0.3) is 0 Å². The van der Waals surface area contributed by atoms with Gasteiger partial charge in [0.1, 0.15) is 12.5 Å². The third kappa shape index (κ3) is 4.84. The van der Waals surface area contributed by atoms with E-state index in [1.807, 2.05) is 30.3 Å². The van der Waals surface area contributed by atoms with Gasteiger partial charge in [0.05, 0.1) is 6.04 Å². The molecule has 0 spiro atoms. The number of alkyl halides is 1. The summed E-state index contributed by atoms with van der Waals surface area (Å²) in [5.74, 6) is -0.298. The molecule has 2 N–H and O–H groups in total. The van der Waals surface area contributed by atoms with Crippen molar-refractivity contribution in [1.82, 2.24) is 10.6 Å². The van der Waals surface area contributed by atoms with E-state index >= 15 is 0 Å². The molecule has 0 aliphatic carbocycles. The molecule has 0 saturated carbocycles. The first kappa shape index (κ1) is 15.9. The van der Waals surface area contributed by atoms with Gasteiger partial charge in [-0.3, -0.25) is 0 Å². The molecular formula is C17H18F2N2O. The van der Waals surface area contributed by atoms with Crippen LogP contribution in [-0.2, 0) is 6.42 Å². The molecule has 3 nitrogen and oxygen atoms in total. The van der Waals surface area contributed by atoms with Crippen molar-refractivity contribution >= 4 is 6.03 Å². The summed E-state index contributed by atoms with van der Waals surface area (Å²) >= 11 is 0. The lowest BCUT2D eigenvalue weighted by atomic mass is 9.99. The molecule has 1 atom stereocenters. The van der Waals surface area contributed by atoms with Crippen molar-refractivity contribution in [3.8, 4) is 0 Å². The zero-order valence-electron chi connectivity index (χ0n) is 12.1. The molecule has 0 aliphatic rings. The Labute approximate surface area is 128 Å². The Morgan fingerprint density at radius 1 is 1.05 bits per heavy atom. The smallest absolute Gasteiger partial charge is 0.315 e. The molecule has 0 bridgehead atoms. The predicted octanol–water partition coefficient (Wildman–Crippen LogP) is 3.38. The Bertz CT molecular complexity index is 587. The molecule has 22 heavy (non-hydrogen) atoms. The highest BCUT2D eigenvalue weighted by Crippen LogP contribution is 2.18. The summed E-state index contributed by atoms with van der Waals surface area (Å²) in [4.78, 5) is 11.8. The third-order valence-corrected chi connectivity index (χ3v) is 3.24. The maximum Gasteiger partial charge on any atom is 0.315 e. The van der Waals surface area contributed by atoms with Gasteiger partial charge in [-0.25, -0.2) is 13.6 Å². The van der Waals surface area contributed by atoms with Crippen molar-refractivity contribution in [3.05, 3.63) is 71.5 Å². The zero-order chi connectivity index (χ0) is 15.8. The second-order valence-electron chi connectivity index (χ2n) is 4.88. The van der Waals surface area contributed by atoms with Crippen LogP contribution in [0.4, 0.5) is 13.6 Å². The van der Waals surface area contributed by atoms with Gasteiger partial charge in [-0.2, -0.15) is 0 Å². The normalized spacial score (nSPS) is 11.7. The summed E-state index contributed by atoms with van der Waals surface area (Å²) in [5, 5.41) is 5.26. The van der Waals surface area contributed by atoms with Crippen LogP contribution in [0.3, 0.4) is 0 Å². The summed E-state index contributed by atoms with van der Waals surface area (Å²) in [6.45, 7) is -0.634. The van der Waals surface area contributed by atoms with Crippen LogP contribution < -0.4 is 10.6 Å². The van der Waals surface area contributed by atoms with Crippen molar-refractivity contribution in [2.24, 2.45) is 0 Å². The van der Waals surface area contributed by atoms with Crippen molar-refractivity contribution < 1.29 is 13.6 Å². The average molecular weight is 304 g/mol. The number of nitrogens with one attached hydrogen (secondary N) is 2. The van der Waals surface area contributed by atoms with Gasteiger partial charge >= 0.3 is 6.03 Å². The minimum atomic E-state index is -0.610. The van der Waals surface area contributed by atoms with Gasteiger partial charge < -0.3 is 10.6 Å². The fraction of sp³-hybridized carbons (Fsp3) is 0.235. The molecule has 0 aromatic heterocycles. The van der Waals surface area contributed by atoms with Gasteiger partial charge in [-0.1, -0.05) is 42.5 Å². The Morgan fingerprint density at radius 3 is 2.36 bits per heavy atom. The van der Waals surface area contributed by atoms with Crippen molar-refractivity contribution in [2.75, 3.05) is 13.2 Å². The van der Waals surface area contributed by atoms with Gasteiger partial charge in [0.2, 0.25) is 0 Å². The third-order valence-electron chi connectivity index (χ3n) is 3.24. The summed E-state index contributed by atoms with van der Waals surface area (Å²) in [7, 11) is 0. The summed E-state index contributed by atoms with van der Waals surface area (Å²) < 4.78 is 25.1. The van der Waals surface area contributed by atoms with Crippen LogP contribution in [0, 0.1) is 5.82 Å². The van der Waals surface area contributed by atoms with Crippen LogP contribution in [-0.4, -0.2) is 19.3 Å².